The summed E-state index contributed by atoms with van der Waals surface area (Å²) in [5.41, 5.74) is 1.14. The van der Waals surface area contributed by atoms with E-state index in [0.29, 0.717) is 6.29 Å². The molecule has 0 saturated heterocycles. The molecule has 0 spiro atoms. The normalized spacial score (nSPS) is 10.2. The van der Waals surface area contributed by atoms with Gasteiger partial charge < -0.3 is 4.74 Å². The smallest absolute Gasteiger partial charge is 0.165 e. The molecule has 2 rings (SSSR count). The highest BCUT2D eigenvalue weighted by molar-refractivity contribution is 5.74. The lowest BCUT2D eigenvalue weighted by Gasteiger charge is -2.05. The van der Waals surface area contributed by atoms with Crippen LogP contribution in [0.2, 0.25) is 0 Å². The summed E-state index contributed by atoms with van der Waals surface area (Å²) in [6.45, 7) is 0.241. The molecule has 0 fully saturated rings. The van der Waals surface area contributed by atoms with Crippen LogP contribution in [0.15, 0.2) is 30.6 Å². The van der Waals surface area contributed by atoms with Crippen molar-refractivity contribution in [2.75, 3.05) is 0 Å². The van der Waals surface area contributed by atoms with E-state index >= 15 is 0 Å². The lowest BCUT2D eigenvalue weighted by Crippen LogP contribution is -1.97. The number of rotatable bonds is 4. The minimum atomic E-state index is -0.543. The van der Waals surface area contributed by atoms with Crippen molar-refractivity contribution in [3.8, 4) is 5.75 Å². The fourth-order valence-corrected chi connectivity index (χ4v) is 1.41. The number of aryl methyl sites for hydroxylation is 1. The standard InChI is InChI=1S/C12H11FN2O2/c1-15-6-10(5-14-15)8-17-12-3-2-9(7-16)4-11(12)13/h2-7H,8H2,1H3. The number of carbonyl (C=O) groups excluding carboxylic acids is 1. The fraction of sp³-hybridized carbons (Fsp3) is 0.167. The number of halogens is 1. The molecule has 0 aliphatic carbocycles. The van der Waals surface area contributed by atoms with E-state index in [9.17, 15) is 9.18 Å². The molecule has 4 nitrogen and oxygen atoms in total. The first-order chi connectivity index (χ1) is 8.19. The zero-order chi connectivity index (χ0) is 12.3. The summed E-state index contributed by atoms with van der Waals surface area (Å²) in [6, 6.07) is 4.09. The zero-order valence-electron chi connectivity index (χ0n) is 9.26. The molecular formula is C12H11FN2O2. The summed E-state index contributed by atoms with van der Waals surface area (Å²) in [4.78, 5) is 10.4. The van der Waals surface area contributed by atoms with Crippen LogP contribution in [0.5, 0.6) is 5.75 Å². The molecule has 0 atom stereocenters. The molecule has 1 heterocycles. The quantitative estimate of drug-likeness (QED) is 0.759. The average molecular weight is 234 g/mol. The molecule has 0 saturated carbocycles. The number of carbonyl (C=O) groups is 1. The molecule has 0 bridgehead atoms. The van der Waals surface area contributed by atoms with E-state index in [-0.39, 0.29) is 17.9 Å². The van der Waals surface area contributed by atoms with Crippen LogP contribution >= 0.6 is 0 Å². The summed E-state index contributed by atoms with van der Waals surface area (Å²) in [7, 11) is 1.79. The Morgan fingerprint density at radius 1 is 1.53 bits per heavy atom. The number of ether oxygens (including phenoxy) is 1. The van der Waals surface area contributed by atoms with Gasteiger partial charge in [0.05, 0.1) is 6.20 Å². The van der Waals surface area contributed by atoms with Crippen LogP contribution in [-0.2, 0) is 13.7 Å². The first kappa shape index (κ1) is 11.3. The van der Waals surface area contributed by atoms with Crippen molar-refractivity contribution in [3.63, 3.8) is 0 Å². The van der Waals surface area contributed by atoms with Crippen LogP contribution in [0.25, 0.3) is 0 Å². The Balaban J connectivity index is 2.06. The van der Waals surface area contributed by atoms with Crippen molar-refractivity contribution >= 4 is 6.29 Å². The van der Waals surface area contributed by atoms with E-state index in [2.05, 4.69) is 5.10 Å². The molecule has 1 aromatic carbocycles. The zero-order valence-corrected chi connectivity index (χ0v) is 9.26. The van der Waals surface area contributed by atoms with Crippen LogP contribution in [0.4, 0.5) is 4.39 Å². The molecule has 0 aliphatic heterocycles. The predicted octanol–water partition coefficient (Wildman–Crippen LogP) is 1.95. The lowest BCUT2D eigenvalue weighted by atomic mass is 10.2. The highest BCUT2D eigenvalue weighted by atomic mass is 19.1. The van der Waals surface area contributed by atoms with Crippen molar-refractivity contribution < 1.29 is 13.9 Å². The van der Waals surface area contributed by atoms with Gasteiger partial charge in [0.25, 0.3) is 0 Å². The summed E-state index contributed by atoms with van der Waals surface area (Å²) in [5.74, 6) is -0.419. The number of aromatic nitrogens is 2. The molecule has 17 heavy (non-hydrogen) atoms. The second-order valence-electron chi connectivity index (χ2n) is 3.62. The Labute approximate surface area is 97.6 Å². The van der Waals surface area contributed by atoms with Gasteiger partial charge in [0.15, 0.2) is 11.6 Å². The number of aldehydes is 1. The van der Waals surface area contributed by atoms with Gasteiger partial charge in [-0.05, 0) is 18.2 Å². The first-order valence-corrected chi connectivity index (χ1v) is 5.04. The van der Waals surface area contributed by atoms with Gasteiger partial charge in [-0.15, -0.1) is 0 Å². The van der Waals surface area contributed by atoms with E-state index in [4.69, 9.17) is 4.74 Å². The third-order valence-corrected chi connectivity index (χ3v) is 2.24. The Morgan fingerprint density at radius 3 is 2.94 bits per heavy atom. The Hall–Kier alpha value is -2.17. The molecule has 0 aliphatic rings. The third kappa shape index (κ3) is 2.69. The van der Waals surface area contributed by atoms with Gasteiger partial charge in [-0.25, -0.2) is 4.39 Å². The molecule has 1 aromatic heterocycles. The Bertz CT molecular complexity index is 537. The molecule has 0 radical (unpaired) electrons. The molecular weight excluding hydrogens is 223 g/mol. The van der Waals surface area contributed by atoms with Crippen molar-refractivity contribution in [1.82, 2.24) is 9.78 Å². The maximum atomic E-state index is 13.4. The van der Waals surface area contributed by atoms with E-state index < -0.39 is 5.82 Å². The van der Waals surface area contributed by atoms with Crippen LogP contribution in [-0.4, -0.2) is 16.1 Å². The van der Waals surface area contributed by atoms with Gasteiger partial charge in [0.2, 0.25) is 0 Å². The van der Waals surface area contributed by atoms with Crippen LogP contribution < -0.4 is 4.74 Å². The molecule has 88 valence electrons. The van der Waals surface area contributed by atoms with Gasteiger partial charge in [-0.2, -0.15) is 5.10 Å². The predicted molar refractivity (Wildman–Crippen MR) is 59.3 cm³/mol. The van der Waals surface area contributed by atoms with Gasteiger partial charge in [-0.1, -0.05) is 0 Å². The van der Waals surface area contributed by atoms with Crippen LogP contribution in [0.1, 0.15) is 15.9 Å². The maximum Gasteiger partial charge on any atom is 0.165 e. The summed E-state index contributed by atoms with van der Waals surface area (Å²) < 4.78 is 20.4. The molecule has 0 amide bonds. The van der Waals surface area contributed by atoms with E-state index in [1.807, 2.05) is 0 Å². The van der Waals surface area contributed by atoms with E-state index in [0.717, 1.165) is 11.6 Å². The van der Waals surface area contributed by atoms with E-state index in [1.165, 1.54) is 12.1 Å². The molecule has 2 aromatic rings. The van der Waals surface area contributed by atoms with Crippen molar-refractivity contribution in [2.24, 2.45) is 7.05 Å². The van der Waals surface area contributed by atoms with Gasteiger partial charge >= 0.3 is 0 Å². The Kier molecular flexibility index (Phi) is 3.18. The van der Waals surface area contributed by atoms with Crippen molar-refractivity contribution in [2.45, 2.75) is 6.61 Å². The molecule has 0 N–H and O–H groups in total. The second-order valence-corrected chi connectivity index (χ2v) is 3.62. The average Bonchev–Trinajstić information content (AvgIpc) is 2.73. The monoisotopic (exact) mass is 234 g/mol. The lowest BCUT2D eigenvalue weighted by molar-refractivity contribution is 0.112. The highest BCUT2D eigenvalue weighted by Crippen LogP contribution is 2.18. The SMILES string of the molecule is Cn1cc(COc2ccc(C=O)cc2F)cn1. The summed E-state index contributed by atoms with van der Waals surface area (Å²) >= 11 is 0. The molecule has 5 heteroatoms. The second kappa shape index (κ2) is 4.78. The van der Waals surface area contributed by atoms with Gasteiger partial charge in [0.1, 0.15) is 12.9 Å². The minimum absolute atomic E-state index is 0.124. The Morgan fingerprint density at radius 2 is 2.35 bits per heavy atom. The first-order valence-electron chi connectivity index (χ1n) is 5.04. The molecule has 0 unspecified atom stereocenters. The fourth-order valence-electron chi connectivity index (χ4n) is 1.41. The maximum absolute atomic E-state index is 13.4. The van der Waals surface area contributed by atoms with Crippen LogP contribution in [0.3, 0.4) is 0 Å². The minimum Gasteiger partial charge on any atom is -0.486 e. The number of benzene rings is 1. The number of nitrogens with zero attached hydrogens (tertiary/aromatic N) is 2. The number of hydrogen-bond acceptors (Lipinski definition) is 3. The topological polar surface area (TPSA) is 44.1 Å². The largest absolute Gasteiger partial charge is 0.486 e. The van der Waals surface area contributed by atoms with Crippen molar-refractivity contribution in [3.05, 3.63) is 47.5 Å². The van der Waals surface area contributed by atoms with Gasteiger partial charge in [-0.3, -0.25) is 9.48 Å². The van der Waals surface area contributed by atoms with Crippen LogP contribution in [0, 0.1) is 5.82 Å². The number of hydrogen-bond donors (Lipinski definition) is 0. The van der Waals surface area contributed by atoms with Gasteiger partial charge in [0, 0.05) is 24.4 Å². The summed E-state index contributed by atoms with van der Waals surface area (Å²) in [6.07, 6.45) is 4.03. The third-order valence-electron chi connectivity index (χ3n) is 2.24. The summed E-state index contributed by atoms with van der Waals surface area (Å²) in [5, 5.41) is 3.98. The highest BCUT2D eigenvalue weighted by Gasteiger charge is 2.05. The van der Waals surface area contributed by atoms with E-state index in [1.54, 1.807) is 24.1 Å². The van der Waals surface area contributed by atoms with Crippen molar-refractivity contribution in [1.29, 1.82) is 0 Å².